The number of carbonyl (C=O) groups is 2. The van der Waals surface area contributed by atoms with Gasteiger partial charge in [0.25, 0.3) is 0 Å². The molecular formula is C7H14N2O2. The number of primary amides is 1. The third-order valence-corrected chi connectivity index (χ3v) is 1.20. The lowest BCUT2D eigenvalue weighted by molar-refractivity contribution is -0.124. The van der Waals surface area contributed by atoms with E-state index in [1.165, 1.54) is 0 Å². The molecule has 0 aromatic rings. The standard InChI is InChI=1S/C7H14N2O2/c1-5(2)7(11)9-4-3-6(8)10/h5H,3-4H2,1-2H3,(H2,8,10)(H,9,11). The first-order chi connectivity index (χ1) is 5.04. The predicted octanol–water partition coefficient (Wildman–Crippen LogP) is -0.366. The lowest BCUT2D eigenvalue weighted by atomic mass is 10.2. The van der Waals surface area contributed by atoms with Crippen LogP contribution in [0.1, 0.15) is 20.3 Å². The van der Waals surface area contributed by atoms with Crippen LogP contribution in [0.2, 0.25) is 0 Å². The van der Waals surface area contributed by atoms with Crippen molar-refractivity contribution in [3.63, 3.8) is 0 Å². The quantitative estimate of drug-likeness (QED) is 0.586. The van der Waals surface area contributed by atoms with Gasteiger partial charge in [-0.15, -0.1) is 0 Å². The van der Waals surface area contributed by atoms with Crippen molar-refractivity contribution in [3.8, 4) is 0 Å². The largest absolute Gasteiger partial charge is 0.370 e. The highest BCUT2D eigenvalue weighted by molar-refractivity contribution is 5.79. The van der Waals surface area contributed by atoms with E-state index in [0.717, 1.165) is 0 Å². The minimum Gasteiger partial charge on any atom is -0.370 e. The van der Waals surface area contributed by atoms with Crippen LogP contribution in [0.15, 0.2) is 0 Å². The van der Waals surface area contributed by atoms with Crippen molar-refractivity contribution >= 4 is 11.8 Å². The Bertz CT molecular complexity index is 155. The van der Waals surface area contributed by atoms with E-state index in [4.69, 9.17) is 5.73 Å². The molecule has 0 unspecified atom stereocenters. The van der Waals surface area contributed by atoms with E-state index in [0.29, 0.717) is 6.54 Å². The maximum absolute atomic E-state index is 10.9. The zero-order valence-corrected chi connectivity index (χ0v) is 6.89. The SMILES string of the molecule is CC(C)C(=O)NCCC(N)=O. The van der Waals surface area contributed by atoms with Gasteiger partial charge in [-0.2, -0.15) is 0 Å². The lowest BCUT2D eigenvalue weighted by Crippen LogP contribution is -2.30. The first kappa shape index (κ1) is 9.94. The summed E-state index contributed by atoms with van der Waals surface area (Å²) < 4.78 is 0. The van der Waals surface area contributed by atoms with Crippen molar-refractivity contribution in [2.45, 2.75) is 20.3 Å². The van der Waals surface area contributed by atoms with E-state index < -0.39 is 5.91 Å². The fourth-order valence-corrected chi connectivity index (χ4v) is 0.513. The van der Waals surface area contributed by atoms with Gasteiger partial charge in [-0.1, -0.05) is 13.8 Å². The molecule has 0 heterocycles. The molecule has 4 heteroatoms. The summed E-state index contributed by atoms with van der Waals surface area (Å²) in [6.45, 7) is 3.92. The maximum atomic E-state index is 10.9. The van der Waals surface area contributed by atoms with Gasteiger partial charge in [-0.25, -0.2) is 0 Å². The number of nitrogens with one attached hydrogen (secondary N) is 1. The minimum atomic E-state index is -0.394. The molecule has 2 amide bonds. The first-order valence-electron chi connectivity index (χ1n) is 3.60. The van der Waals surface area contributed by atoms with Gasteiger partial charge in [-0.05, 0) is 0 Å². The van der Waals surface area contributed by atoms with E-state index >= 15 is 0 Å². The van der Waals surface area contributed by atoms with Crippen LogP contribution >= 0.6 is 0 Å². The zero-order chi connectivity index (χ0) is 8.85. The monoisotopic (exact) mass is 158 g/mol. The minimum absolute atomic E-state index is 0.0390. The van der Waals surface area contributed by atoms with Crippen LogP contribution in [0, 0.1) is 5.92 Å². The highest BCUT2D eigenvalue weighted by atomic mass is 16.2. The van der Waals surface area contributed by atoms with Crippen LogP contribution in [0.25, 0.3) is 0 Å². The molecule has 0 saturated carbocycles. The molecule has 0 fully saturated rings. The van der Waals surface area contributed by atoms with E-state index in [9.17, 15) is 9.59 Å². The fourth-order valence-electron chi connectivity index (χ4n) is 0.513. The Hall–Kier alpha value is -1.06. The van der Waals surface area contributed by atoms with E-state index in [1.807, 2.05) is 0 Å². The molecule has 4 nitrogen and oxygen atoms in total. The molecule has 0 rings (SSSR count). The average molecular weight is 158 g/mol. The smallest absolute Gasteiger partial charge is 0.222 e. The molecule has 0 aliphatic heterocycles. The number of nitrogens with two attached hydrogens (primary N) is 1. The second-order valence-electron chi connectivity index (χ2n) is 2.66. The van der Waals surface area contributed by atoms with Crippen LogP contribution in [-0.4, -0.2) is 18.4 Å². The Balaban J connectivity index is 3.39. The predicted molar refractivity (Wildman–Crippen MR) is 41.7 cm³/mol. The van der Waals surface area contributed by atoms with Crippen LogP contribution in [-0.2, 0) is 9.59 Å². The van der Waals surface area contributed by atoms with E-state index in [2.05, 4.69) is 5.32 Å². The fraction of sp³-hybridized carbons (Fsp3) is 0.714. The molecule has 0 aliphatic carbocycles. The lowest BCUT2D eigenvalue weighted by Gasteiger charge is -2.05. The molecule has 11 heavy (non-hydrogen) atoms. The van der Waals surface area contributed by atoms with Gasteiger partial charge in [0.15, 0.2) is 0 Å². The Morgan fingerprint density at radius 2 is 2.00 bits per heavy atom. The second kappa shape index (κ2) is 4.71. The molecule has 0 atom stereocenters. The van der Waals surface area contributed by atoms with Crippen molar-refractivity contribution in [1.29, 1.82) is 0 Å². The average Bonchev–Trinajstić information content (AvgIpc) is 1.86. The third-order valence-electron chi connectivity index (χ3n) is 1.20. The van der Waals surface area contributed by atoms with Gasteiger partial charge >= 0.3 is 0 Å². The van der Waals surface area contributed by atoms with E-state index in [1.54, 1.807) is 13.8 Å². The second-order valence-corrected chi connectivity index (χ2v) is 2.66. The van der Waals surface area contributed by atoms with Gasteiger partial charge in [-0.3, -0.25) is 9.59 Å². The highest BCUT2D eigenvalue weighted by Crippen LogP contribution is 1.89. The van der Waals surface area contributed by atoms with Gasteiger partial charge < -0.3 is 11.1 Å². The molecular weight excluding hydrogens is 144 g/mol. The molecule has 0 aliphatic rings. The van der Waals surface area contributed by atoms with Crippen LogP contribution in [0.3, 0.4) is 0 Å². The molecule has 0 bridgehead atoms. The number of hydrogen-bond donors (Lipinski definition) is 2. The normalized spacial score (nSPS) is 9.73. The Labute approximate surface area is 66.1 Å². The summed E-state index contributed by atoms with van der Waals surface area (Å²) in [6.07, 6.45) is 0.207. The molecule has 0 aromatic carbocycles. The number of amides is 2. The van der Waals surface area contributed by atoms with Crippen molar-refractivity contribution in [2.75, 3.05) is 6.54 Å². The summed E-state index contributed by atoms with van der Waals surface area (Å²) in [4.78, 5) is 21.1. The zero-order valence-electron chi connectivity index (χ0n) is 6.89. The topological polar surface area (TPSA) is 72.2 Å². The van der Waals surface area contributed by atoms with Crippen molar-refractivity contribution in [3.05, 3.63) is 0 Å². The molecule has 64 valence electrons. The van der Waals surface area contributed by atoms with Crippen LogP contribution in [0.4, 0.5) is 0 Å². The molecule has 3 N–H and O–H groups in total. The Morgan fingerprint density at radius 1 is 1.45 bits per heavy atom. The van der Waals surface area contributed by atoms with Gasteiger partial charge in [0.05, 0.1) is 0 Å². The summed E-state index contributed by atoms with van der Waals surface area (Å²) in [7, 11) is 0. The molecule has 0 aromatic heterocycles. The van der Waals surface area contributed by atoms with Gasteiger partial charge in [0, 0.05) is 18.9 Å². The number of carbonyl (C=O) groups excluding carboxylic acids is 2. The van der Waals surface area contributed by atoms with Crippen molar-refractivity contribution in [1.82, 2.24) is 5.32 Å². The Morgan fingerprint density at radius 3 is 2.36 bits per heavy atom. The first-order valence-corrected chi connectivity index (χ1v) is 3.60. The van der Waals surface area contributed by atoms with Crippen LogP contribution < -0.4 is 11.1 Å². The molecule has 0 spiro atoms. The molecule has 0 radical (unpaired) electrons. The summed E-state index contributed by atoms with van der Waals surface area (Å²) in [6, 6.07) is 0. The highest BCUT2D eigenvalue weighted by Gasteiger charge is 2.05. The summed E-state index contributed by atoms with van der Waals surface area (Å²) in [5, 5.41) is 2.57. The van der Waals surface area contributed by atoms with Crippen molar-refractivity contribution in [2.24, 2.45) is 11.7 Å². The summed E-state index contributed by atoms with van der Waals surface area (Å²) in [5.74, 6) is -0.483. The maximum Gasteiger partial charge on any atom is 0.222 e. The number of hydrogen-bond acceptors (Lipinski definition) is 2. The third kappa shape index (κ3) is 5.39. The van der Waals surface area contributed by atoms with Gasteiger partial charge in [0.2, 0.25) is 11.8 Å². The number of rotatable bonds is 4. The van der Waals surface area contributed by atoms with Crippen LogP contribution in [0.5, 0.6) is 0 Å². The molecule has 0 saturated heterocycles. The van der Waals surface area contributed by atoms with Crippen molar-refractivity contribution < 1.29 is 9.59 Å². The Kier molecular flexibility index (Phi) is 4.26. The summed E-state index contributed by atoms with van der Waals surface area (Å²) >= 11 is 0. The van der Waals surface area contributed by atoms with Gasteiger partial charge in [0.1, 0.15) is 0 Å². The summed E-state index contributed by atoms with van der Waals surface area (Å²) in [5.41, 5.74) is 4.86. The van der Waals surface area contributed by atoms with E-state index in [-0.39, 0.29) is 18.2 Å².